The van der Waals surface area contributed by atoms with Gasteiger partial charge in [0.1, 0.15) is 17.2 Å². The number of fused-ring (bicyclic) bond motifs is 1. The number of nitrogens with one attached hydrogen (secondary N) is 3. The molecule has 13 nitrogen and oxygen atoms in total. The fraction of sp³-hybridized carbons (Fsp3) is 0.231. The van der Waals surface area contributed by atoms with E-state index in [0.717, 1.165) is 17.8 Å². The van der Waals surface area contributed by atoms with Crippen molar-refractivity contribution in [3.8, 4) is 28.5 Å². The van der Waals surface area contributed by atoms with Gasteiger partial charge in [0, 0.05) is 29.6 Å². The van der Waals surface area contributed by atoms with Gasteiger partial charge in [-0.05, 0) is 31.5 Å². The number of aryl methyl sites for hydroxylation is 2. The molecule has 5 aromatic rings. The Balaban J connectivity index is 1.51. The van der Waals surface area contributed by atoms with Crippen molar-refractivity contribution >= 4 is 38.3 Å². The zero-order valence-electron chi connectivity index (χ0n) is 22.4. The van der Waals surface area contributed by atoms with Crippen LogP contribution in [0.2, 0.25) is 0 Å². The molecule has 0 atom stereocenters. The van der Waals surface area contributed by atoms with Crippen LogP contribution in [0.4, 0.5) is 17.3 Å². The molecule has 0 radical (unpaired) electrons. The maximum Gasteiger partial charge on any atom is 0.270 e. The Morgan fingerprint density at radius 2 is 1.68 bits per heavy atom. The van der Waals surface area contributed by atoms with E-state index in [4.69, 9.17) is 18.7 Å². The molecule has 0 saturated carbocycles. The zero-order chi connectivity index (χ0) is 28.4. The summed E-state index contributed by atoms with van der Waals surface area (Å²) < 4.78 is 51.7. The van der Waals surface area contributed by atoms with Crippen molar-refractivity contribution in [1.29, 1.82) is 0 Å². The van der Waals surface area contributed by atoms with Crippen LogP contribution in [0, 0.1) is 6.92 Å². The van der Waals surface area contributed by atoms with Gasteiger partial charge in [-0.25, -0.2) is 8.42 Å². The summed E-state index contributed by atoms with van der Waals surface area (Å²) in [5.41, 5.74) is 3.69. The number of aromatic amines is 1. The molecule has 0 amide bonds. The van der Waals surface area contributed by atoms with E-state index in [2.05, 4.69) is 35.4 Å². The Labute approximate surface area is 229 Å². The Kier molecular flexibility index (Phi) is 7.17. The zero-order valence-corrected chi connectivity index (χ0v) is 23.2. The third kappa shape index (κ3) is 5.08. The molecule has 0 saturated heterocycles. The van der Waals surface area contributed by atoms with E-state index < -0.39 is 10.0 Å². The average Bonchev–Trinajstić information content (AvgIpc) is 3.58. The molecule has 40 heavy (non-hydrogen) atoms. The summed E-state index contributed by atoms with van der Waals surface area (Å²) in [6, 6.07) is 8.25. The monoisotopic (exact) mass is 565 g/mol. The van der Waals surface area contributed by atoms with E-state index in [1.165, 1.54) is 21.3 Å². The molecule has 0 aliphatic carbocycles. The molecule has 0 aliphatic rings. The molecule has 3 heterocycles. The van der Waals surface area contributed by atoms with Crippen molar-refractivity contribution in [2.45, 2.75) is 25.2 Å². The summed E-state index contributed by atoms with van der Waals surface area (Å²) >= 11 is 0. The molecule has 0 aliphatic heterocycles. The number of hydrogen-bond acceptors (Lipinski definition) is 11. The maximum atomic E-state index is 13.7. The summed E-state index contributed by atoms with van der Waals surface area (Å²) in [7, 11) is -0.0377. The molecule has 3 N–H and O–H groups in total. The molecular formula is C26H27N7O6S. The maximum absolute atomic E-state index is 13.7. The average molecular weight is 566 g/mol. The summed E-state index contributed by atoms with van der Waals surface area (Å²) in [5.74, 6) is 1.08. The van der Waals surface area contributed by atoms with E-state index in [-0.39, 0.29) is 22.2 Å². The molecule has 0 bridgehead atoms. The standard InChI is InChI=1S/C26H27N7O6S/c1-6-16-9-24(31-30-16)29-18-11-20-17(10-21(18)36-3)26(32-39-20)33-40(34,35)25-22(37-4)7-15(8-23(25)38-5)19-13-27-14(2)12-28-19/h7-13H,6H2,1-5H3,(H,32,33)(H2,29,30,31). The Hall–Kier alpha value is -4.85. The summed E-state index contributed by atoms with van der Waals surface area (Å²) in [4.78, 5) is 8.39. The Bertz CT molecular complexity index is 1760. The minimum Gasteiger partial charge on any atom is -0.495 e. The molecule has 3 aromatic heterocycles. The normalized spacial score (nSPS) is 11.4. The molecular weight excluding hydrogens is 538 g/mol. The number of benzene rings is 2. The lowest BCUT2D eigenvalue weighted by molar-refractivity contribution is 0.374. The van der Waals surface area contributed by atoms with Crippen molar-refractivity contribution < 1.29 is 27.2 Å². The fourth-order valence-electron chi connectivity index (χ4n) is 4.06. The number of hydrogen-bond donors (Lipinski definition) is 3. The molecule has 5 rings (SSSR count). The SMILES string of the molecule is CCc1cc(Nc2cc3onc(NS(=O)(=O)c4c(OC)cc(-c5cnc(C)cn5)cc4OC)c3cc2OC)n[nH]1. The van der Waals surface area contributed by atoms with Crippen molar-refractivity contribution in [3.05, 3.63) is 54.1 Å². The molecule has 0 unspecified atom stereocenters. The van der Waals surface area contributed by atoms with Crippen LogP contribution in [0.5, 0.6) is 17.2 Å². The first-order valence-electron chi connectivity index (χ1n) is 12.1. The van der Waals surface area contributed by atoms with Crippen LogP contribution in [0.15, 0.2) is 52.1 Å². The molecule has 14 heteroatoms. The lowest BCUT2D eigenvalue weighted by atomic mass is 10.1. The molecule has 208 valence electrons. The van der Waals surface area contributed by atoms with Crippen LogP contribution in [-0.4, -0.2) is 55.1 Å². The topological polar surface area (TPSA) is 166 Å². The van der Waals surface area contributed by atoms with Gasteiger partial charge in [-0.1, -0.05) is 12.1 Å². The largest absolute Gasteiger partial charge is 0.495 e. The number of rotatable bonds is 10. The first kappa shape index (κ1) is 26.7. The van der Waals surface area contributed by atoms with Crippen LogP contribution in [0.3, 0.4) is 0 Å². The number of H-pyrrole nitrogens is 1. The second kappa shape index (κ2) is 10.7. The van der Waals surface area contributed by atoms with Crippen LogP contribution in [-0.2, 0) is 16.4 Å². The number of anilines is 3. The third-order valence-corrected chi connectivity index (χ3v) is 7.51. The van der Waals surface area contributed by atoms with E-state index >= 15 is 0 Å². The number of ether oxygens (including phenoxy) is 3. The van der Waals surface area contributed by atoms with Crippen LogP contribution >= 0.6 is 0 Å². The van der Waals surface area contributed by atoms with Gasteiger partial charge in [0.25, 0.3) is 10.0 Å². The van der Waals surface area contributed by atoms with E-state index in [9.17, 15) is 8.42 Å². The number of methoxy groups -OCH3 is 3. The van der Waals surface area contributed by atoms with Crippen LogP contribution in [0.25, 0.3) is 22.2 Å². The predicted molar refractivity (Wildman–Crippen MR) is 148 cm³/mol. The van der Waals surface area contributed by atoms with Gasteiger partial charge in [0.2, 0.25) is 0 Å². The lowest BCUT2D eigenvalue weighted by Gasteiger charge is -2.16. The lowest BCUT2D eigenvalue weighted by Crippen LogP contribution is -2.16. The molecule has 0 fully saturated rings. The summed E-state index contributed by atoms with van der Waals surface area (Å²) in [5, 5.41) is 14.7. The summed E-state index contributed by atoms with van der Waals surface area (Å²) in [6.45, 7) is 3.83. The first-order valence-corrected chi connectivity index (χ1v) is 13.6. The van der Waals surface area contributed by atoms with Gasteiger partial charge in [-0.2, -0.15) is 5.10 Å². The number of aromatic nitrogens is 5. The van der Waals surface area contributed by atoms with E-state index in [1.807, 2.05) is 19.9 Å². The van der Waals surface area contributed by atoms with Crippen LogP contribution < -0.4 is 24.2 Å². The van der Waals surface area contributed by atoms with Gasteiger partial charge in [-0.3, -0.25) is 19.8 Å². The Morgan fingerprint density at radius 3 is 2.27 bits per heavy atom. The highest BCUT2D eigenvalue weighted by atomic mass is 32.2. The number of sulfonamides is 1. The van der Waals surface area contributed by atoms with Gasteiger partial charge >= 0.3 is 0 Å². The minimum atomic E-state index is -4.27. The number of nitrogens with zero attached hydrogens (tertiary/aromatic N) is 4. The molecule has 0 spiro atoms. The van der Waals surface area contributed by atoms with E-state index in [1.54, 1.807) is 36.7 Å². The Morgan fingerprint density at radius 1 is 0.950 bits per heavy atom. The third-order valence-electron chi connectivity index (χ3n) is 6.10. The van der Waals surface area contributed by atoms with Gasteiger partial charge in [0.15, 0.2) is 22.1 Å². The van der Waals surface area contributed by atoms with Crippen molar-refractivity contribution in [2.75, 3.05) is 31.4 Å². The quantitative estimate of drug-likeness (QED) is 0.219. The first-order chi connectivity index (χ1) is 19.3. The highest BCUT2D eigenvalue weighted by molar-refractivity contribution is 7.93. The van der Waals surface area contributed by atoms with Gasteiger partial charge < -0.3 is 24.1 Å². The fourth-order valence-corrected chi connectivity index (χ4v) is 5.38. The minimum absolute atomic E-state index is 0.0366. The summed E-state index contributed by atoms with van der Waals surface area (Å²) in [6.07, 6.45) is 4.00. The second-order valence-electron chi connectivity index (χ2n) is 8.70. The smallest absolute Gasteiger partial charge is 0.270 e. The second-order valence-corrected chi connectivity index (χ2v) is 10.3. The molecule has 2 aromatic carbocycles. The van der Waals surface area contributed by atoms with Gasteiger partial charge in [0.05, 0.1) is 50.0 Å². The van der Waals surface area contributed by atoms with Crippen molar-refractivity contribution in [2.24, 2.45) is 0 Å². The van der Waals surface area contributed by atoms with Crippen LogP contribution in [0.1, 0.15) is 18.3 Å². The van der Waals surface area contributed by atoms with Gasteiger partial charge in [-0.15, -0.1) is 0 Å². The van der Waals surface area contributed by atoms with Crippen molar-refractivity contribution in [1.82, 2.24) is 25.3 Å². The van der Waals surface area contributed by atoms with E-state index in [0.29, 0.717) is 39.5 Å². The highest BCUT2D eigenvalue weighted by Crippen LogP contribution is 2.40. The predicted octanol–water partition coefficient (Wildman–Crippen LogP) is 4.45. The highest BCUT2D eigenvalue weighted by Gasteiger charge is 2.29. The van der Waals surface area contributed by atoms with Crippen molar-refractivity contribution in [3.63, 3.8) is 0 Å².